The number of aromatic nitrogens is 7. The van der Waals surface area contributed by atoms with Gasteiger partial charge in [0, 0.05) is 62.8 Å². The fourth-order valence-electron chi connectivity index (χ4n) is 4.93. The van der Waals surface area contributed by atoms with E-state index in [2.05, 4.69) is 47.6 Å². The molecule has 2 saturated heterocycles. The lowest BCUT2D eigenvalue weighted by atomic mass is 9.98. The highest BCUT2D eigenvalue weighted by molar-refractivity contribution is 5.99. The van der Waals surface area contributed by atoms with Crippen LogP contribution >= 0.6 is 0 Å². The van der Waals surface area contributed by atoms with Crippen molar-refractivity contribution in [3.8, 4) is 0 Å². The van der Waals surface area contributed by atoms with Crippen LogP contribution in [0.15, 0.2) is 24.7 Å². The molecule has 0 radical (unpaired) electrons. The van der Waals surface area contributed by atoms with Crippen LogP contribution in [0.3, 0.4) is 0 Å². The molecular weight excluding hydrogens is 472 g/mol. The van der Waals surface area contributed by atoms with Crippen molar-refractivity contribution in [1.29, 1.82) is 0 Å². The molecule has 0 unspecified atom stereocenters. The molecule has 5 heterocycles. The van der Waals surface area contributed by atoms with Crippen LogP contribution < -0.4 is 20.4 Å². The molecular formula is C24H32N12O. The zero-order chi connectivity index (χ0) is 25.4. The van der Waals surface area contributed by atoms with Crippen LogP contribution in [0.5, 0.6) is 0 Å². The second kappa shape index (κ2) is 9.54. The van der Waals surface area contributed by atoms with E-state index in [1.54, 1.807) is 12.4 Å². The predicted molar refractivity (Wildman–Crippen MR) is 139 cm³/mol. The normalized spacial score (nSPS) is 22.3. The number of aromatic amines is 1. The standard InChI is InChI=1S/C24H32N12O/c1-24(20(37)27-19-15-25-7-8-26-19)6-3-9-36(24)23-30-21(28-18-14-17(32-33-18)16-4-5-16)29-22(31-23)35-12-10-34(2)11-13-35/h7-8,14-16H,3-6,9-13H2,1-2H3,(H,26,27,37)(H2,28,29,30,31,32,33)/t24-/m0/s1. The molecule has 1 saturated carbocycles. The van der Waals surface area contributed by atoms with Crippen LogP contribution in [0.1, 0.15) is 44.2 Å². The lowest BCUT2D eigenvalue weighted by molar-refractivity contribution is -0.120. The summed E-state index contributed by atoms with van der Waals surface area (Å²) in [6.45, 7) is 6.07. The van der Waals surface area contributed by atoms with Crippen LogP contribution in [0.2, 0.25) is 0 Å². The Labute approximate surface area is 215 Å². The third-order valence-corrected chi connectivity index (χ3v) is 7.43. The van der Waals surface area contributed by atoms with Crippen LogP contribution in [0.25, 0.3) is 0 Å². The number of amides is 1. The van der Waals surface area contributed by atoms with Crippen LogP contribution in [0, 0.1) is 0 Å². The molecule has 3 fully saturated rings. The van der Waals surface area contributed by atoms with E-state index in [4.69, 9.17) is 15.0 Å². The predicted octanol–water partition coefficient (Wildman–Crippen LogP) is 1.76. The molecule has 3 aromatic heterocycles. The molecule has 0 aromatic carbocycles. The number of piperazine rings is 1. The molecule has 194 valence electrons. The fourth-order valence-corrected chi connectivity index (χ4v) is 4.93. The maximum Gasteiger partial charge on any atom is 0.251 e. The van der Waals surface area contributed by atoms with Gasteiger partial charge in [-0.2, -0.15) is 20.1 Å². The van der Waals surface area contributed by atoms with E-state index < -0.39 is 5.54 Å². The maximum absolute atomic E-state index is 13.5. The number of hydrogen-bond donors (Lipinski definition) is 3. The largest absolute Gasteiger partial charge is 0.338 e. The summed E-state index contributed by atoms with van der Waals surface area (Å²) in [6, 6.07) is 2.02. The minimum absolute atomic E-state index is 0.164. The second-order valence-electron chi connectivity index (χ2n) is 10.2. The van der Waals surface area contributed by atoms with Crippen LogP contribution in [-0.4, -0.2) is 91.2 Å². The topological polar surface area (TPSA) is 144 Å². The third kappa shape index (κ3) is 4.90. The number of rotatable bonds is 7. The number of nitrogens with zero attached hydrogens (tertiary/aromatic N) is 9. The summed E-state index contributed by atoms with van der Waals surface area (Å²) < 4.78 is 0. The summed E-state index contributed by atoms with van der Waals surface area (Å²) in [6.07, 6.45) is 8.56. The van der Waals surface area contributed by atoms with Gasteiger partial charge in [-0.1, -0.05) is 0 Å². The Bertz CT molecular complexity index is 1250. The molecule has 13 heteroatoms. The van der Waals surface area contributed by atoms with Crippen LogP contribution in [-0.2, 0) is 4.79 Å². The molecule has 3 aromatic rings. The smallest absolute Gasteiger partial charge is 0.251 e. The van der Waals surface area contributed by atoms with Gasteiger partial charge in [0.25, 0.3) is 5.91 Å². The summed E-state index contributed by atoms with van der Waals surface area (Å²) in [7, 11) is 2.11. The first-order valence-corrected chi connectivity index (χ1v) is 12.8. The fraction of sp³-hybridized carbons (Fsp3) is 0.542. The Morgan fingerprint density at radius 3 is 2.62 bits per heavy atom. The number of anilines is 5. The van der Waals surface area contributed by atoms with Gasteiger partial charge in [-0.25, -0.2) is 4.98 Å². The molecule has 1 atom stereocenters. The minimum atomic E-state index is -0.846. The van der Waals surface area contributed by atoms with Gasteiger partial charge >= 0.3 is 0 Å². The Balaban J connectivity index is 1.31. The van der Waals surface area contributed by atoms with Crippen molar-refractivity contribution < 1.29 is 4.79 Å². The Morgan fingerprint density at radius 1 is 1.05 bits per heavy atom. The molecule has 3 aliphatic rings. The van der Waals surface area contributed by atoms with Crippen molar-refractivity contribution in [3.05, 3.63) is 30.4 Å². The van der Waals surface area contributed by atoms with E-state index >= 15 is 0 Å². The molecule has 13 nitrogen and oxygen atoms in total. The number of carbonyl (C=O) groups excluding carboxylic acids is 1. The highest BCUT2D eigenvalue weighted by Crippen LogP contribution is 2.40. The lowest BCUT2D eigenvalue weighted by Gasteiger charge is -2.35. The number of likely N-dealkylation sites (N-methyl/N-ethyl adjacent to an activating group) is 1. The van der Waals surface area contributed by atoms with E-state index in [-0.39, 0.29) is 5.91 Å². The highest BCUT2D eigenvalue weighted by Gasteiger charge is 2.45. The summed E-state index contributed by atoms with van der Waals surface area (Å²) in [5.74, 6) is 2.98. The van der Waals surface area contributed by atoms with Crippen molar-refractivity contribution in [2.24, 2.45) is 0 Å². The molecule has 3 N–H and O–H groups in total. The Hall–Kier alpha value is -3.87. The molecule has 1 amide bonds. The summed E-state index contributed by atoms with van der Waals surface area (Å²) >= 11 is 0. The van der Waals surface area contributed by atoms with E-state index in [9.17, 15) is 4.79 Å². The first-order chi connectivity index (χ1) is 18.0. The van der Waals surface area contributed by atoms with Gasteiger partial charge in [-0.15, -0.1) is 0 Å². The second-order valence-corrected chi connectivity index (χ2v) is 10.2. The molecule has 0 spiro atoms. The summed E-state index contributed by atoms with van der Waals surface area (Å²) in [4.78, 5) is 42.5. The summed E-state index contributed by atoms with van der Waals surface area (Å²) in [5.41, 5.74) is 0.282. The molecule has 1 aliphatic carbocycles. The monoisotopic (exact) mass is 504 g/mol. The molecule has 6 rings (SSSR count). The highest BCUT2D eigenvalue weighted by atomic mass is 16.2. The van der Waals surface area contributed by atoms with Gasteiger partial charge in [-0.3, -0.25) is 14.9 Å². The van der Waals surface area contributed by atoms with E-state index in [1.165, 1.54) is 19.0 Å². The van der Waals surface area contributed by atoms with Gasteiger partial charge < -0.3 is 25.3 Å². The van der Waals surface area contributed by atoms with E-state index in [0.717, 1.165) is 38.3 Å². The van der Waals surface area contributed by atoms with Gasteiger partial charge in [0.1, 0.15) is 5.54 Å². The zero-order valence-corrected chi connectivity index (χ0v) is 21.2. The van der Waals surface area contributed by atoms with Crippen molar-refractivity contribution in [2.75, 3.05) is 60.2 Å². The summed E-state index contributed by atoms with van der Waals surface area (Å²) in [5, 5.41) is 13.7. The Morgan fingerprint density at radius 2 is 1.86 bits per heavy atom. The quantitative estimate of drug-likeness (QED) is 0.433. The van der Waals surface area contributed by atoms with Crippen molar-refractivity contribution in [1.82, 2.24) is 40.0 Å². The molecule has 37 heavy (non-hydrogen) atoms. The maximum atomic E-state index is 13.5. The number of nitrogens with one attached hydrogen (secondary N) is 3. The van der Waals surface area contributed by atoms with Gasteiger partial charge in [0.05, 0.1) is 6.20 Å². The van der Waals surface area contributed by atoms with Crippen molar-refractivity contribution in [2.45, 2.75) is 44.1 Å². The first-order valence-electron chi connectivity index (χ1n) is 12.8. The molecule has 0 bridgehead atoms. The number of carbonyl (C=O) groups is 1. The van der Waals surface area contributed by atoms with Crippen molar-refractivity contribution >= 4 is 35.4 Å². The first kappa shape index (κ1) is 23.5. The average Bonchev–Trinajstić information content (AvgIpc) is 3.52. The Kier molecular flexibility index (Phi) is 6.07. The van der Waals surface area contributed by atoms with Crippen LogP contribution in [0.4, 0.5) is 29.5 Å². The van der Waals surface area contributed by atoms with E-state index in [0.29, 0.717) is 48.4 Å². The van der Waals surface area contributed by atoms with Gasteiger partial charge in [0.15, 0.2) is 11.6 Å². The average molecular weight is 505 g/mol. The third-order valence-electron chi connectivity index (χ3n) is 7.43. The van der Waals surface area contributed by atoms with Crippen molar-refractivity contribution in [3.63, 3.8) is 0 Å². The van der Waals surface area contributed by atoms with E-state index in [1.807, 2.05) is 17.9 Å². The van der Waals surface area contributed by atoms with Gasteiger partial charge in [0.2, 0.25) is 17.8 Å². The SMILES string of the molecule is CN1CCN(c2nc(Nc3cc(C4CC4)[nH]n3)nc(N3CCC[C@@]3(C)C(=O)Nc3cnccn3)n2)CC1. The number of H-pyrrole nitrogens is 1. The molecule has 2 aliphatic heterocycles. The number of hydrogen-bond acceptors (Lipinski definition) is 11. The minimum Gasteiger partial charge on any atom is -0.338 e. The zero-order valence-electron chi connectivity index (χ0n) is 21.2. The lowest BCUT2D eigenvalue weighted by Crippen LogP contribution is -2.52. The van der Waals surface area contributed by atoms with Gasteiger partial charge in [-0.05, 0) is 39.7 Å².